The van der Waals surface area contributed by atoms with Crippen LogP contribution in [0.15, 0.2) is 30.3 Å². The van der Waals surface area contributed by atoms with Crippen LogP contribution in [0.25, 0.3) is 11.3 Å². The van der Waals surface area contributed by atoms with Gasteiger partial charge in [0.2, 0.25) is 0 Å². The molecule has 0 fully saturated rings. The Hall–Kier alpha value is -2.18. The Morgan fingerprint density at radius 2 is 1.79 bits per heavy atom. The van der Waals surface area contributed by atoms with Crippen molar-refractivity contribution < 1.29 is 17.6 Å². The molecule has 2 rings (SSSR count). The fourth-order valence-corrected chi connectivity index (χ4v) is 1.52. The maximum Gasteiger partial charge on any atom is 0.419 e. The number of aromatic nitrogens is 2. The van der Waals surface area contributed by atoms with Crippen molar-refractivity contribution in [1.82, 2.24) is 10.2 Å². The lowest BCUT2D eigenvalue weighted by molar-refractivity contribution is -0.139. The van der Waals surface area contributed by atoms with Crippen molar-refractivity contribution in [3.05, 3.63) is 41.7 Å². The van der Waals surface area contributed by atoms with Crippen molar-refractivity contribution >= 4 is 5.82 Å². The second-order valence-corrected chi connectivity index (χ2v) is 3.75. The zero-order chi connectivity index (χ0) is 14.0. The van der Waals surface area contributed by atoms with Crippen LogP contribution in [0.2, 0.25) is 0 Å². The Morgan fingerprint density at radius 3 is 2.26 bits per heavy atom. The van der Waals surface area contributed by atoms with Gasteiger partial charge in [0.1, 0.15) is 11.6 Å². The van der Waals surface area contributed by atoms with Gasteiger partial charge in [0.05, 0.1) is 11.3 Å². The Kier molecular flexibility index (Phi) is 3.37. The van der Waals surface area contributed by atoms with Gasteiger partial charge in [-0.3, -0.25) is 0 Å². The second-order valence-electron chi connectivity index (χ2n) is 3.75. The molecule has 0 saturated carbocycles. The third-order valence-corrected chi connectivity index (χ3v) is 2.49. The van der Waals surface area contributed by atoms with E-state index >= 15 is 0 Å². The molecule has 0 bridgehead atoms. The summed E-state index contributed by atoms with van der Waals surface area (Å²) >= 11 is 0. The molecular formula is C12H9F4N3. The molecule has 0 aliphatic heterocycles. The Bertz CT molecular complexity index is 579. The molecule has 7 heteroatoms. The fourth-order valence-electron chi connectivity index (χ4n) is 1.52. The van der Waals surface area contributed by atoms with Gasteiger partial charge in [-0.25, -0.2) is 4.39 Å². The van der Waals surface area contributed by atoms with Gasteiger partial charge in [0.15, 0.2) is 0 Å². The molecule has 0 radical (unpaired) electrons. The predicted octanol–water partition coefficient (Wildman–Crippen LogP) is 3.34. The zero-order valence-electron chi connectivity index (χ0n) is 9.79. The molecule has 19 heavy (non-hydrogen) atoms. The summed E-state index contributed by atoms with van der Waals surface area (Å²) in [7, 11) is 1.65. The van der Waals surface area contributed by atoms with E-state index in [1.807, 2.05) is 0 Å². The fraction of sp³-hybridized carbons (Fsp3) is 0.167. The van der Waals surface area contributed by atoms with Crippen LogP contribution in [0.5, 0.6) is 0 Å². The zero-order valence-corrected chi connectivity index (χ0v) is 9.79. The number of nitrogens with one attached hydrogen (secondary N) is 1. The normalized spacial score (nSPS) is 11.4. The molecule has 1 N–H and O–H groups in total. The average molecular weight is 271 g/mol. The molecule has 0 aliphatic carbocycles. The smallest absolute Gasteiger partial charge is 0.372 e. The highest BCUT2D eigenvalue weighted by Gasteiger charge is 2.33. The number of hydrogen-bond acceptors (Lipinski definition) is 3. The van der Waals surface area contributed by atoms with Gasteiger partial charge in [-0.2, -0.15) is 13.2 Å². The number of rotatable bonds is 2. The third kappa shape index (κ3) is 2.81. The average Bonchev–Trinajstić information content (AvgIpc) is 2.37. The summed E-state index contributed by atoms with van der Waals surface area (Å²) in [5.41, 5.74) is -0.761. The standard InChI is InChI=1S/C12H9F4N3/c1-17-11-5-4-10(18-19-11)7-2-3-8(9(13)6-7)12(14,15)16/h2-6H,1H3,(H,17,19). The molecule has 3 nitrogen and oxygen atoms in total. The molecular weight excluding hydrogens is 262 g/mol. The van der Waals surface area contributed by atoms with Crippen LogP contribution in [0, 0.1) is 5.82 Å². The third-order valence-electron chi connectivity index (χ3n) is 2.49. The van der Waals surface area contributed by atoms with Crippen molar-refractivity contribution in [2.75, 3.05) is 12.4 Å². The summed E-state index contributed by atoms with van der Waals surface area (Å²) < 4.78 is 50.6. The van der Waals surface area contributed by atoms with E-state index in [-0.39, 0.29) is 5.56 Å². The number of benzene rings is 1. The second kappa shape index (κ2) is 4.83. The van der Waals surface area contributed by atoms with Gasteiger partial charge in [-0.05, 0) is 24.3 Å². The van der Waals surface area contributed by atoms with Crippen LogP contribution in [0.4, 0.5) is 23.4 Å². The number of anilines is 1. The topological polar surface area (TPSA) is 37.8 Å². The van der Waals surface area contributed by atoms with Crippen LogP contribution < -0.4 is 5.32 Å². The summed E-state index contributed by atoms with van der Waals surface area (Å²) in [6.07, 6.45) is -4.70. The number of alkyl halides is 3. The first-order valence-corrected chi connectivity index (χ1v) is 5.30. The summed E-state index contributed by atoms with van der Waals surface area (Å²) in [5.74, 6) is -0.819. The monoisotopic (exact) mass is 271 g/mol. The minimum Gasteiger partial charge on any atom is -0.372 e. The lowest BCUT2D eigenvalue weighted by Crippen LogP contribution is -2.08. The van der Waals surface area contributed by atoms with Crippen LogP contribution in [-0.2, 0) is 6.18 Å². The first-order chi connectivity index (χ1) is 8.91. The largest absolute Gasteiger partial charge is 0.419 e. The van der Waals surface area contributed by atoms with Crippen molar-refractivity contribution in [3.63, 3.8) is 0 Å². The highest BCUT2D eigenvalue weighted by molar-refractivity contribution is 5.60. The van der Waals surface area contributed by atoms with E-state index < -0.39 is 17.6 Å². The van der Waals surface area contributed by atoms with E-state index in [2.05, 4.69) is 15.5 Å². The van der Waals surface area contributed by atoms with Gasteiger partial charge in [0.25, 0.3) is 0 Å². The van der Waals surface area contributed by atoms with Crippen molar-refractivity contribution in [3.8, 4) is 11.3 Å². The maximum atomic E-state index is 13.4. The van der Waals surface area contributed by atoms with Crippen molar-refractivity contribution in [2.24, 2.45) is 0 Å². The van der Waals surface area contributed by atoms with E-state index in [1.54, 1.807) is 19.2 Å². The van der Waals surface area contributed by atoms with Gasteiger partial charge in [-0.1, -0.05) is 6.07 Å². The number of hydrogen-bond donors (Lipinski definition) is 1. The lowest BCUT2D eigenvalue weighted by atomic mass is 10.1. The minimum absolute atomic E-state index is 0.237. The summed E-state index contributed by atoms with van der Waals surface area (Å²) in [5, 5.41) is 10.3. The van der Waals surface area contributed by atoms with Gasteiger partial charge in [-0.15, -0.1) is 10.2 Å². The van der Waals surface area contributed by atoms with E-state index in [9.17, 15) is 17.6 Å². The molecule has 1 aromatic carbocycles. The Labute approximate surface area is 106 Å². The maximum absolute atomic E-state index is 13.4. The van der Waals surface area contributed by atoms with Gasteiger partial charge < -0.3 is 5.32 Å². The molecule has 0 spiro atoms. The number of halogens is 4. The van der Waals surface area contributed by atoms with E-state index in [4.69, 9.17) is 0 Å². The lowest BCUT2D eigenvalue weighted by Gasteiger charge is -2.09. The summed E-state index contributed by atoms with van der Waals surface area (Å²) in [4.78, 5) is 0. The van der Waals surface area contributed by atoms with Crippen LogP contribution in [-0.4, -0.2) is 17.2 Å². The summed E-state index contributed by atoms with van der Waals surface area (Å²) in [6.45, 7) is 0. The molecule has 0 saturated heterocycles. The predicted molar refractivity (Wildman–Crippen MR) is 62.0 cm³/mol. The molecule has 2 aromatic rings. The molecule has 0 aliphatic rings. The van der Waals surface area contributed by atoms with Crippen LogP contribution in [0.1, 0.15) is 5.56 Å². The van der Waals surface area contributed by atoms with Crippen molar-refractivity contribution in [2.45, 2.75) is 6.18 Å². The highest BCUT2D eigenvalue weighted by atomic mass is 19.4. The van der Waals surface area contributed by atoms with Crippen molar-refractivity contribution in [1.29, 1.82) is 0 Å². The van der Waals surface area contributed by atoms with E-state index in [0.717, 1.165) is 12.1 Å². The molecule has 100 valence electrons. The Balaban J connectivity index is 2.38. The molecule has 1 aromatic heterocycles. The van der Waals surface area contributed by atoms with Gasteiger partial charge in [0, 0.05) is 12.6 Å². The minimum atomic E-state index is -4.70. The SMILES string of the molecule is CNc1ccc(-c2ccc(C(F)(F)F)c(F)c2)nn1. The summed E-state index contributed by atoms with van der Waals surface area (Å²) in [6, 6.07) is 5.79. The Morgan fingerprint density at radius 1 is 1.05 bits per heavy atom. The first kappa shape index (κ1) is 13.3. The molecule has 0 atom stereocenters. The van der Waals surface area contributed by atoms with E-state index in [1.165, 1.54) is 0 Å². The quantitative estimate of drug-likeness (QED) is 0.851. The van der Waals surface area contributed by atoms with E-state index in [0.29, 0.717) is 17.6 Å². The van der Waals surface area contributed by atoms with Crippen LogP contribution >= 0.6 is 0 Å². The molecule has 0 amide bonds. The highest BCUT2D eigenvalue weighted by Crippen LogP contribution is 2.33. The van der Waals surface area contributed by atoms with Gasteiger partial charge >= 0.3 is 6.18 Å². The van der Waals surface area contributed by atoms with Crippen LogP contribution in [0.3, 0.4) is 0 Å². The molecule has 1 heterocycles. The molecule has 0 unspecified atom stereocenters. The first-order valence-electron chi connectivity index (χ1n) is 5.30. The number of nitrogens with zero attached hydrogens (tertiary/aromatic N) is 2.